The van der Waals surface area contributed by atoms with Crippen LogP contribution in [0.3, 0.4) is 0 Å². The van der Waals surface area contributed by atoms with Gasteiger partial charge in [-0.05, 0) is 13.8 Å². The highest BCUT2D eigenvalue weighted by Crippen LogP contribution is 2.15. The van der Waals surface area contributed by atoms with Crippen LogP contribution in [-0.4, -0.2) is 30.2 Å². The first-order valence-electron chi connectivity index (χ1n) is 4.44. The summed E-state index contributed by atoms with van der Waals surface area (Å²) in [6, 6.07) is 0. The zero-order valence-electron chi connectivity index (χ0n) is 8.45. The molecule has 0 aliphatic carbocycles. The third-order valence-electron chi connectivity index (χ3n) is 1.87. The van der Waals surface area contributed by atoms with Gasteiger partial charge in [0.15, 0.2) is 6.33 Å². The third-order valence-corrected chi connectivity index (χ3v) is 1.87. The molecule has 0 saturated carbocycles. The van der Waals surface area contributed by atoms with Crippen molar-refractivity contribution in [2.75, 3.05) is 0 Å². The van der Waals surface area contributed by atoms with E-state index in [0.717, 1.165) is 0 Å². The van der Waals surface area contributed by atoms with Gasteiger partial charge in [-0.2, -0.15) is 4.98 Å². The zero-order chi connectivity index (χ0) is 10.9. The maximum atomic E-state index is 9.66. The van der Waals surface area contributed by atoms with Gasteiger partial charge in [0.25, 0.3) is 0 Å². The average molecular weight is 209 g/mol. The first-order chi connectivity index (χ1) is 7.05. The summed E-state index contributed by atoms with van der Waals surface area (Å²) in [7, 11) is 0. The maximum Gasteiger partial charge on any atom is 0.248 e. The van der Waals surface area contributed by atoms with Crippen molar-refractivity contribution in [2.45, 2.75) is 26.0 Å². The molecule has 0 spiro atoms. The lowest BCUT2D eigenvalue weighted by Gasteiger charge is -2.11. The Labute approximate surface area is 85.7 Å². The second-order valence-corrected chi connectivity index (χ2v) is 3.70. The molecule has 7 heteroatoms. The van der Waals surface area contributed by atoms with E-state index in [9.17, 15) is 5.11 Å². The van der Waals surface area contributed by atoms with Crippen molar-refractivity contribution in [3.05, 3.63) is 24.1 Å². The number of aromatic nitrogens is 5. The normalized spacial score (nSPS) is 11.9. The van der Waals surface area contributed by atoms with E-state index >= 15 is 0 Å². The van der Waals surface area contributed by atoms with Gasteiger partial charge in [0.2, 0.25) is 5.89 Å². The lowest BCUT2D eigenvalue weighted by Crippen LogP contribution is -2.15. The Morgan fingerprint density at radius 2 is 2.33 bits per heavy atom. The smallest absolute Gasteiger partial charge is 0.248 e. The van der Waals surface area contributed by atoms with Crippen molar-refractivity contribution in [1.82, 2.24) is 25.1 Å². The van der Waals surface area contributed by atoms with Gasteiger partial charge in [-0.15, -0.1) is 5.10 Å². The molecule has 0 radical (unpaired) electrons. The highest BCUT2D eigenvalue weighted by Gasteiger charge is 2.20. The van der Waals surface area contributed by atoms with Crippen molar-refractivity contribution in [3.8, 4) is 0 Å². The predicted molar refractivity (Wildman–Crippen MR) is 48.7 cm³/mol. The summed E-state index contributed by atoms with van der Waals surface area (Å²) in [6.45, 7) is 3.64. The molecule has 0 bridgehead atoms. The Hall–Kier alpha value is -1.76. The minimum absolute atomic E-state index is 0.350. The Morgan fingerprint density at radius 3 is 2.87 bits per heavy atom. The summed E-state index contributed by atoms with van der Waals surface area (Å²) >= 11 is 0. The number of aliphatic hydroxyl groups is 1. The van der Waals surface area contributed by atoms with Gasteiger partial charge in [0, 0.05) is 0 Å². The average Bonchev–Trinajstić information content (AvgIpc) is 2.73. The molecule has 2 rings (SSSR count). The molecular weight excluding hydrogens is 198 g/mol. The summed E-state index contributed by atoms with van der Waals surface area (Å²) in [6.07, 6.45) is 2.97. The topological polar surface area (TPSA) is 89.9 Å². The van der Waals surface area contributed by atoms with E-state index in [1.807, 2.05) is 0 Å². The summed E-state index contributed by atoms with van der Waals surface area (Å²) in [5.41, 5.74) is -0.491. The van der Waals surface area contributed by atoms with Gasteiger partial charge in [-0.3, -0.25) is 0 Å². The Balaban J connectivity index is 2.15. The second-order valence-electron chi connectivity index (χ2n) is 3.70. The molecule has 0 aliphatic heterocycles. The molecule has 2 aromatic heterocycles. The molecule has 2 heterocycles. The lowest BCUT2D eigenvalue weighted by molar-refractivity contribution is 0.0737. The van der Waals surface area contributed by atoms with Crippen LogP contribution in [0.1, 0.15) is 25.4 Å². The van der Waals surface area contributed by atoms with Crippen LogP contribution in [0.5, 0.6) is 0 Å². The van der Waals surface area contributed by atoms with Crippen LogP contribution in [0.2, 0.25) is 0 Å². The quantitative estimate of drug-likeness (QED) is 0.761. The lowest BCUT2D eigenvalue weighted by atomic mass is 10.1. The minimum Gasteiger partial charge on any atom is -0.384 e. The number of nitrogens with zero attached hydrogens (tertiary/aromatic N) is 5. The Morgan fingerprint density at radius 1 is 1.53 bits per heavy atom. The van der Waals surface area contributed by atoms with Crippen LogP contribution in [0.4, 0.5) is 0 Å². The molecule has 0 aromatic carbocycles. The first-order valence-corrected chi connectivity index (χ1v) is 4.44. The van der Waals surface area contributed by atoms with Crippen LogP contribution in [0.15, 0.2) is 17.0 Å². The summed E-state index contributed by atoms with van der Waals surface area (Å²) in [4.78, 5) is 3.85. The van der Waals surface area contributed by atoms with Crippen LogP contribution in [0, 0.1) is 0 Å². The summed E-state index contributed by atoms with van der Waals surface area (Å²) in [5.74, 6) is 0.446. The van der Waals surface area contributed by atoms with Gasteiger partial charge < -0.3 is 9.63 Å². The molecule has 0 fully saturated rings. The minimum atomic E-state index is -0.993. The van der Waals surface area contributed by atoms with Crippen molar-refractivity contribution in [3.63, 3.8) is 0 Å². The molecule has 0 aliphatic rings. The van der Waals surface area contributed by atoms with Crippen LogP contribution in [-0.2, 0) is 12.1 Å². The van der Waals surface area contributed by atoms with Gasteiger partial charge >= 0.3 is 0 Å². The van der Waals surface area contributed by atoms with Gasteiger partial charge in [-0.1, -0.05) is 10.4 Å². The zero-order valence-corrected chi connectivity index (χ0v) is 8.45. The van der Waals surface area contributed by atoms with Gasteiger partial charge in [0.05, 0.1) is 6.20 Å². The van der Waals surface area contributed by atoms with Crippen LogP contribution >= 0.6 is 0 Å². The van der Waals surface area contributed by atoms with E-state index in [4.69, 9.17) is 4.52 Å². The fraction of sp³-hybridized carbons (Fsp3) is 0.500. The highest BCUT2D eigenvalue weighted by molar-refractivity contribution is 5.03. The molecule has 0 amide bonds. The van der Waals surface area contributed by atoms with E-state index in [2.05, 4.69) is 20.5 Å². The fourth-order valence-corrected chi connectivity index (χ4v) is 1.06. The Bertz CT molecular complexity index is 428. The predicted octanol–water partition coefficient (Wildman–Crippen LogP) is -0.0632. The number of hydrogen-bond acceptors (Lipinski definition) is 6. The van der Waals surface area contributed by atoms with Crippen LogP contribution < -0.4 is 0 Å². The Kier molecular flexibility index (Phi) is 2.24. The fourth-order valence-electron chi connectivity index (χ4n) is 1.06. The molecule has 0 atom stereocenters. The highest BCUT2D eigenvalue weighted by atomic mass is 16.5. The first kappa shape index (κ1) is 9.78. The SMILES string of the molecule is CC(C)(O)c1cn(Cc2ncno2)nn1. The van der Waals surface area contributed by atoms with E-state index in [1.54, 1.807) is 20.0 Å². The van der Waals surface area contributed by atoms with E-state index < -0.39 is 5.60 Å². The number of hydrogen-bond donors (Lipinski definition) is 1. The van der Waals surface area contributed by atoms with Gasteiger partial charge in [-0.25, -0.2) is 4.68 Å². The molecule has 1 N–H and O–H groups in total. The summed E-state index contributed by atoms with van der Waals surface area (Å²) in [5, 5.41) is 20.8. The number of rotatable bonds is 3. The van der Waals surface area contributed by atoms with Crippen LogP contribution in [0.25, 0.3) is 0 Å². The summed E-state index contributed by atoms with van der Waals surface area (Å²) < 4.78 is 6.35. The largest absolute Gasteiger partial charge is 0.384 e. The molecule has 0 saturated heterocycles. The molecule has 0 unspecified atom stereocenters. The monoisotopic (exact) mass is 209 g/mol. The maximum absolute atomic E-state index is 9.66. The van der Waals surface area contributed by atoms with Gasteiger partial charge in [0.1, 0.15) is 17.8 Å². The van der Waals surface area contributed by atoms with Crippen molar-refractivity contribution in [2.24, 2.45) is 0 Å². The molecule has 80 valence electrons. The van der Waals surface area contributed by atoms with E-state index in [0.29, 0.717) is 18.1 Å². The standard InChI is InChI=1S/C8H11N5O2/c1-8(2,14)6-3-13(12-11-6)4-7-9-5-10-15-7/h3,5,14H,4H2,1-2H3. The second kappa shape index (κ2) is 3.43. The molecule has 15 heavy (non-hydrogen) atoms. The molecule has 2 aromatic rings. The van der Waals surface area contributed by atoms with E-state index in [-0.39, 0.29) is 0 Å². The van der Waals surface area contributed by atoms with E-state index in [1.165, 1.54) is 11.0 Å². The van der Waals surface area contributed by atoms with Crippen molar-refractivity contribution < 1.29 is 9.63 Å². The molecular formula is C8H11N5O2. The molecule has 7 nitrogen and oxygen atoms in total. The third kappa shape index (κ3) is 2.18. The van der Waals surface area contributed by atoms with Crippen molar-refractivity contribution >= 4 is 0 Å². The van der Waals surface area contributed by atoms with Crippen molar-refractivity contribution in [1.29, 1.82) is 0 Å².